The van der Waals surface area contributed by atoms with Crippen LogP contribution in [0.15, 0.2) is 58.4 Å². The first-order valence-corrected chi connectivity index (χ1v) is 7.76. The van der Waals surface area contributed by atoms with Crippen LogP contribution < -0.4 is 5.56 Å². The molecule has 2 aromatic heterocycles. The molecule has 4 rings (SSSR count). The molecule has 0 fully saturated rings. The van der Waals surface area contributed by atoms with Crippen molar-refractivity contribution in [3.63, 3.8) is 0 Å². The van der Waals surface area contributed by atoms with Gasteiger partial charge in [-0.1, -0.05) is 47.7 Å². The molecule has 25 heavy (non-hydrogen) atoms. The Kier molecular flexibility index (Phi) is 3.54. The maximum Gasteiger partial charge on any atom is 0.276 e. The fourth-order valence-electron chi connectivity index (χ4n) is 2.75. The van der Waals surface area contributed by atoms with Crippen LogP contribution in [0.2, 0.25) is 0 Å². The van der Waals surface area contributed by atoms with Gasteiger partial charge in [-0.25, -0.2) is 9.07 Å². The highest BCUT2D eigenvalue weighted by Crippen LogP contribution is 2.32. The summed E-state index contributed by atoms with van der Waals surface area (Å²) in [5.41, 5.74) is 0.404. The summed E-state index contributed by atoms with van der Waals surface area (Å²) >= 11 is 4.34. The molecule has 0 saturated heterocycles. The highest BCUT2D eigenvalue weighted by molar-refractivity contribution is 7.80. The molecule has 0 aliphatic carbocycles. The number of H-pyrrole nitrogens is 1. The standard InChI is InChI=1S/C17H11FN4O2S/c18-12-8-13(16(24)19-15(12)23)22-14(17(25)20-21-22)11-7-3-5-9-4-1-2-6-10(9)11/h1-8,25H,(H2,19,23,24). The maximum absolute atomic E-state index is 13.7. The summed E-state index contributed by atoms with van der Waals surface area (Å²) in [5.74, 6) is -1.79. The topological polar surface area (TPSA) is 83.8 Å². The maximum atomic E-state index is 13.7. The number of aromatic amines is 1. The Morgan fingerprint density at radius 1 is 1.16 bits per heavy atom. The zero-order valence-electron chi connectivity index (χ0n) is 12.6. The van der Waals surface area contributed by atoms with E-state index in [0.29, 0.717) is 10.7 Å². The number of hydrogen-bond acceptors (Lipinski definition) is 5. The SMILES string of the molecule is O=c1[nH]c(O)c(F)cc1-n1nnc(S)c1-c1cccc2ccccc12. The molecule has 0 radical (unpaired) electrons. The summed E-state index contributed by atoms with van der Waals surface area (Å²) in [6.45, 7) is 0. The highest BCUT2D eigenvalue weighted by atomic mass is 32.1. The quantitative estimate of drug-likeness (QED) is 0.483. The van der Waals surface area contributed by atoms with Gasteiger partial charge >= 0.3 is 0 Å². The van der Waals surface area contributed by atoms with E-state index < -0.39 is 17.3 Å². The van der Waals surface area contributed by atoms with Gasteiger partial charge in [-0.15, -0.1) is 17.7 Å². The number of thiol groups is 1. The van der Waals surface area contributed by atoms with Gasteiger partial charge in [0.05, 0.1) is 0 Å². The van der Waals surface area contributed by atoms with Crippen molar-refractivity contribution in [1.82, 2.24) is 20.0 Å². The number of benzene rings is 2. The Balaban J connectivity index is 2.04. The van der Waals surface area contributed by atoms with Crippen molar-refractivity contribution in [2.24, 2.45) is 0 Å². The number of nitrogens with zero attached hydrogens (tertiary/aromatic N) is 3. The number of aromatic nitrogens is 4. The molecule has 4 aromatic rings. The third kappa shape index (κ3) is 2.47. The largest absolute Gasteiger partial charge is 0.492 e. The van der Waals surface area contributed by atoms with Crippen LogP contribution in [-0.2, 0) is 0 Å². The summed E-state index contributed by atoms with van der Waals surface area (Å²) < 4.78 is 15.0. The molecule has 0 atom stereocenters. The van der Waals surface area contributed by atoms with Crippen molar-refractivity contribution in [3.8, 4) is 22.8 Å². The van der Waals surface area contributed by atoms with Crippen LogP contribution in [0.4, 0.5) is 4.39 Å². The van der Waals surface area contributed by atoms with Gasteiger partial charge in [-0.3, -0.25) is 9.78 Å². The van der Waals surface area contributed by atoms with Crippen LogP contribution in [0.25, 0.3) is 27.7 Å². The van der Waals surface area contributed by atoms with Gasteiger partial charge in [-0.2, -0.15) is 0 Å². The van der Waals surface area contributed by atoms with E-state index in [0.717, 1.165) is 22.4 Å². The highest BCUT2D eigenvalue weighted by Gasteiger charge is 2.19. The summed E-state index contributed by atoms with van der Waals surface area (Å²) in [4.78, 5) is 14.2. The van der Waals surface area contributed by atoms with Crippen molar-refractivity contribution in [3.05, 3.63) is 64.7 Å². The minimum atomic E-state index is -0.963. The zero-order chi connectivity index (χ0) is 17.6. The smallest absolute Gasteiger partial charge is 0.276 e. The van der Waals surface area contributed by atoms with E-state index in [4.69, 9.17) is 0 Å². The summed E-state index contributed by atoms with van der Waals surface area (Å²) in [6, 6.07) is 14.3. The lowest BCUT2D eigenvalue weighted by Gasteiger charge is -2.10. The third-order valence-corrected chi connectivity index (χ3v) is 4.18. The molecule has 6 nitrogen and oxygen atoms in total. The van der Waals surface area contributed by atoms with E-state index in [1.165, 1.54) is 4.68 Å². The van der Waals surface area contributed by atoms with E-state index in [-0.39, 0.29) is 5.69 Å². The van der Waals surface area contributed by atoms with Gasteiger partial charge in [-0.05, 0) is 10.8 Å². The second kappa shape index (κ2) is 5.75. The van der Waals surface area contributed by atoms with E-state index in [9.17, 15) is 14.3 Å². The molecule has 0 bridgehead atoms. The van der Waals surface area contributed by atoms with Crippen molar-refractivity contribution in [2.45, 2.75) is 5.03 Å². The number of hydrogen-bond donors (Lipinski definition) is 3. The second-order valence-corrected chi connectivity index (χ2v) is 5.80. The minimum Gasteiger partial charge on any atom is -0.492 e. The van der Waals surface area contributed by atoms with Gasteiger partial charge in [0.25, 0.3) is 5.56 Å². The first kappa shape index (κ1) is 15.4. The molecule has 2 heterocycles. The molecular weight excluding hydrogens is 343 g/mol. The molecule has 2 aromatic carbocycles. The van der Waals surface area contributed by atoms with Gasteiger partial charge < -0.3 is 5.11 Å². The first-order chi connectivity index (χ1) is 12.1. The summed E-state index contributed by atoms with van der Waals surface area (Å²) in [7, 11) is 0. The molecule has 8 heteroatoms. The van der Waals surface area contributed by atoms with E-state index >= 15 is 0 Å². The molecule has 124 valence electrons. The lowest BCUT2D eigenvalue weighted by atomic mass is 10.0. The monoisotopic (exact) mass is 354 g/mol. The Labute approximate surface area is 146 Å². The number of aromatic hydroxyl groups is 1. The average molecular weight is 354 g/mol. The van der Waals surface area contributed by atoms with Crippen LogP contribution >= 0.6 is 12.6 Å². The van der Waals surface area contributed by atoms with Crippen LogP contribution in [0.1, 0.15) is 0 Å². The second-order valence-electron chi connectivity index (χ2n) is 5.38. The van der Waals surface area contributed by atoms with Crippen LogP contribution in [-0.4, -0.2) is 25.1 Å². The van der Waals surface area contributed by atoms with Crippen LogP contribution in [0, 0.1) is 5.82 Å². The van der Waals surface area contributed by atoms with Crippen molar-refractivity contribution in [2.75, 3.05) is 0 Å². The molecule has 0 amide bonds. The van der Waals surface area contributed by atoms with E-state index in [2.05, 4.69) is 22.9 Å². The van der Waals surface area contributed by atoms with Crippen molar-refractivity contribution in [1.29, 1.82) is 0 Å². The van der Waals surface area contributed by atoms with Crippen LogP contribution in [0.5, 0.6) is 5.88 Å². The average Bonchev–Trinajstić information content (AvgIpc) is 2.99. The lowest BCUT2D eigenvalue weighted by Crippen LogP contribution is -2.17. The molecule has 0 saturated carbocycles. The Morgan fingerprint density at radius 2 is 1.92 bits per heavy atom. The normalized spacial score (nSPS) is 11.1. The fraction of sp³-hybridized carbons (Fsp3) is 0. The first-order valence-electron chi connectivity index (χ1n) is 7.31. The van der Waals surface area contributed by atoms with E-state index in [1.807, 2.05) is 47.4 Å². The Hall–Kier alpha value is -3.13. The molecular formula is C17H11FN4O2S. The number of fused-ring (bicyclic) bond motifs is 1. The number of pyridine rings is 1. The molecule has 0 unspecified atom stereocenters. The van der Waals surface area contributed by atoms with E-state index in [1.54, 1.807) is 0 Å². The number of rotatable bonds is 2. The molecule has 2 N–H and O–H groups in total. The van der Waals surface area contributed by atoms with Gasteiger partial charge in [0.1, 0.15) is 16.4 Å². The molecule has 0 aliphatic rings. The minimum absolute atomic E-state index is 0.106. The van der Waals surface area contributed by atoms with Gasteiger partial charge in [0.2, 0.25) is 5.88 Å². The van der Waals surface area contributed by atoms with Crippen molar-refractivity contribution >= 4 is 23.4 Å². The predicted molar refractivity (Wildman–Crippen MR) is 93.8 cm³/mol. The van der Waals surface area contributed by atoms with Crippen LogP contribution in [0.3, 0.4) is 0 Å². The third-order valence-electron chi connectivity index (χ3n) is 3.88. The summed E-state index contributed by atoms with van der Waals surface area (Å²) in [5, 5.41) is 19.3. The predicted octanol–water partition coefficient (Wildman–Crippen LogP) is 2.91. The lowest BCUT2D eigenvalue weighted by molar-refractivity contribution is 0.409. The van der Waals surface area contributed by atoms with Gasteiger partial charge in [0.15, 0.2) is 5.82 Å². The number of nitrogens with one attached hydrogen (secondary N) is 1. The molecule has 0 spiro atoms. The summed E-state index contributed by atoms with van der Waals surface area (Å²) in [6.07, 6.45) is 0. The number of halogens is 1. The van der Waals surface area contributed by atoms with Gasteiger partial charge in [0, 0.05) is 11.6 Å². The Morgan fingerprint density at radius 3 is 2.76 bits per heavy atom. The zero-order valence-corrected chi connectivity index (χ0v) is 13.5. The van der Waals surface area contributed by atoms with Crippen molar-refractivity contribution < 1.29 is 9.50 Å². The fourth-order valence-corrected chi connectivity index (χ4v) is 3.01. The molecule has 0 aliphatic heterocycles. The Bertz CT molecular complexity index is 1160.